The van der Waals surface area contributed by atoms with Gasteiger partial charge in [0.15, 0.2) is 11.5 Å². The van der Waals surface area contributed by atoms with Crippen LogP contribution >= 0.6 is 0 Å². The van der Waals surface area contributed by atoms with Gasteiger partial charge in [-0.3, -0.25) is 0 Å². The summed E-state index contributed by atoms with van der Waals surface area (Å²) in [5.74, 6) is 2.49. The third-order valence-corrected chi connectivity index (χ3v) is 3.56. The van der Waals surface area contributed by atoms with Crippen molar-refractivity contribution in [3.05, 3.63) is 18.6 Å². The number of aromatic nitrogens is 3. The molecule has 1 N–H and O–H groups in total. The van der Waals surface area contributed by atoms with Crippen molar-refractivity contribution >= 4 is 17.3 Å². The molecule has 0 amide bonds. The molecule has 0 aromatic carbocycles. The lowest BCUT2D eigenvalue weighted by molar-refractivity contribution is 0.558. The van der Waals surface area contributed by atoms with Gasteiger partial charge in [0, 0.05) is 32.5 Å². The fourth-order valence-electron chi connectivity index (χ4n) is 2.19. The normalized spacial score (nSPS) is 12.6. The molecule has 2 heterocycles. The predicted octanol–water partition coefficient (Wildman–Crippen LogP) is 3.03. The van der Waals surface area contributed by atoms with Crippen LogP contribution in [0.25, 0.3) is 5.65 Å². The van der Waals surface area contributed by atoms with Crippen molar-refractivity contribution in [2.45, 2.75) is 33.6 Å². The van der Waals surface area contributed by atoms with Crippen LogP contribution in [0.5, 0.6) is 0 Å². The third-order valence-electron chi connectivity index (χ3n) is 3.56. The molecule has 0 saturated heterocycles. The Kier molecular flexibility index (Phi) is 4.82. The number of imidazole rings is 1. The highest BCUT2D eigenvalue weighted by molar-refractivity contribution is 5.66. The van der Waals surface area contributed by atoms with Crippen LogP contribution in [0.15, 0.2) is 18.6 Å². The molecule has 2 aromatic heterocycles. The molecular weight excluding hydrogens is 250 g/mol. The van der Waals surface area contributed by atoms with E-state index in [2.05, 4.69) is 43.0 Å². The maximum absolute atomic E-state index is 4.73. The summed E-state index contributed by atoms with van der Waals surface area (Å²) in [6.07, 6.45) is 8.04. The molecule has 0 radical (unpaired) electrons. The van der Waals surface area contributed by atoms with Gasteiger partial charge in [-0.2, -0.15) is 0 Å². The smallest absolute Gasteiger partial charge is 0.180 e. The van der Waals surface area contributed by atoms with E-state index in [4.69, 9.17) is 4.98 Å². The summed E-state index contributed by atoms with van der Waals surface area (Å²) in [4.78, 5) is 11.4. The van der Waals surface area contributed by atoms with Crippen molar-refractivity contribution in [2.75, 3.05) is 30.4 Å². The zero-order chi connectivity index (χ0) is 14.5. The van der Waals surface area contributed by atoms with E-state index in [-0.39, 0.29) is 0 Å². The van der Waals surface area contributed by atoms with E-state index in [1.54, 1.807) is 0 Å². The van der Waals surface area contributed by atoms with Crippen molar-refractivity contribution in [3.63, 3.8) is 0 Å². The van der Waals surface area contributed by atoms with Gasteiger partial charge in [0.25, 0.3) is 0 Å². The maximum atomic E-state index is 4.73. The van der Waals surface area contributed by atoms with Crippen LogP contribution in [0, 0.1) is 5.92 Å². The second-order valence-electron chi connectivity index (χ2n) is 5.43. The lowest BCUT2D eigenvalue weighted by atomic mass is 10.1. The predicted molar refractivity (Wildman–Crippen MR) is 84.5 cm³/mol. The highest BCUT2D eigenvalue weighted by Crippen LogP contribution is 2.21. The molecule has 0 aliphatic rings. The van der Waals surface area contributed by atoms with E-state index < -0.39 is 0 Å². The molecule has 0 aliphatic carbocycles. The minimum absolute atomic E-state index is 0.643. The van der Waals surface area contributed by atoms with Gasteiger partial charge in [-0.15, -0.1) is 0 Å². The first kappa shape index (κ1) is 14.6. The summed E-state index contributed by atoms with van der Waals surface area (Å²) in [6.45, 7) is 8.55. The number of anilines is 2. The molecule has 1 atom stereocenters. The monoisotopic (exact) mass is 275 g/mol. The van der Waals surface area contributed by atoms with E-state index in [0.29, 0.717) is 5.92 Å². The summed E-state index contributed by atoms with van der Waals surface area (Å²) in [6, 6.07) is 0. The van der Waals surface area contributed by atoms with Crippen LogP contribution in [0.3, 0.4) is 0 Å². The Morgan fingerprint density at radius 3 is 2.90 bits per heavy atom. The Morgan fingerprint density at radius 1 is 1.40 bits per heavy atom. The first-order valence-electron chi connectivity index (χ1n) is 7.44. The van der Waals surface area contributed by atoms with Gasteiger partial charge in [0.2, 0.25) is 0 Å². The van der Waals surface area contributed by atoms with Crippen LogP contribution in [0.4, 0.5) is 11.6 Å². The summed E-state index contributed by atoms with van der Waals surface area (Å²) >= 11 is 0. The molecule has 2 rings (SSSR count). The van der Waals surface area contributed by atoms with E-state index >= 15 is 0 Å². The van der Waals surface area contributed by atoms with Crippen molar-refractivity contribution in [1.82, 2.24) is 14.4 Å². The zero-order valence-corrected chi connectivity index (χ0v) is 12.9. The summed E-state index contributed by atoms with van der Waals surface area (Å²) in [5.41, 5.74) is 0.915. The molecule has 0 saturated carbocycles. The number of nitrogens with zero attached hydrogens (tertiary/aromatic N) is 4. The van der Waals surface area contributed by atoms with Crippen LogP contribution < -0.4 is 10.2 Å². The van der Waals surface area contributed by atoms with Crippen molar-refractivity contribution in [3.8, 4) is 0 Å². The lowest BCUT2D eigenvalue weighted by Crippen LogP contribution is -2.25. The Bertz CT molecular complexity index is 548. The van der Waals surface area contributed by atoms with Crippen LogP contribution in [0.2, 0.25) is 0 Å². The SMILES string of the molecule is CCCNc1cn2ccnc2c(N(C)CC(C)CC)n1. The van der Waals surface area contributed by atoms with Crippen LogP contribution in [-0.2, 0) is 0 Å². The molecule has 110 valence electrons. The topological polar surface area (TPSA) is 45.5 Å². The summed E-state index contributed by atoms with van der Waals surface area (Å²) < 4.78 is 2.04. The van der Waals surface area contributed by atoms with Gasteiger partial charge in [0.1, 0.15) is 5.82 Å². The number of hydrogen-bond donors (Lipinski definition) is 1. The molecule has 0 aliphatic heterocycles. The number of fused-ring (bicyclic) bond motifs is 1. The zero-order valence-electron chi connectivity index (χ0n) is 12.9. The average molecular weight is 275 g/mol. The highest BCUT2D eigenvalue weighted by atomic mass is 15.2. The molecule has 2 aromatic rings. The second-order valence-corrected chi connectivity index (χ2v) is 5.43. The molecule has 5 heteroatoms. The largest absolute Gasteiger partial charge is 0.369 e. The van der Waals surface area contributed by atoms with Gasteiger partial charge in [0.05, 0.1) is 6.20 Å². The summed E-state index contributed by atoms with van der Waals surface area (Å²) in [5, 5.41) is 3.35. The van der Waals surface area contributed by atoms with Gasteiger partial charge in [-0.1, -0.05) is 27.2 Å². The Hall–Kier alpha value is -1.78. The molecular formula is C15H25N5. The highest BCUT2D eigenvalue weighted by Gasteiger charge is 2.13. The Balaban J connectivity index is 2.31. The maximum Gasteiger partial charge on any atom is 0.180 e. The quantitative estimate of drug-likeness (QED) is 0.843. The fourth-order valence-corrected chi connectivity index (χ4v) is 2.19. The van der Waals surface area contributed by atoms with Crippen molar-refractivity contribution in [1.29, 1.82) is 0 Å². The van der Waals surface area contributed by atoms with E-state index in [9.17, 15) is 0 Å². The first-order chi connectivity index (χ1) is 9.65. The van der Waals surface area contributed by atoms with Gasteiger partial charge in [-0.25, -0.2) is 9.97 Å². The fraction of sp³-hybridized carbons (Fsp3) is 0.600. The number of hydrogen-bond acceptors (Lipinski definition) is 4. The standard InChI is InChI=1S/C15H25N5/c1-5-7-16-13-11-20-9-8-17-14(20)15(18-13)19(4)10-12(3)6-2/h8-9,11-12,16H,5-7,10H2,1-4H3. The van der Waals surface area contributed by atoms with Crippen molar-refractivity contribution in [2.24, 2.45) is 5.92 Å². The van der Waals surface area contributed by atoms with Crippen LogP contribution in [0.1, 0.15) is 33.6 Å². The molecule has 20 heavy (non-hydrogen) atoms. The van der Waals surface area contributed by atoms with Gasteiger partial charge in [-0.05, 0) is 12.3 Å². The third kappa shape index (κ3) is 3.21. The molecule has 0 bridgehead atoms. The number of nitrogens with one attached hydrogen (secondary N) is 1. The van der Waals surface area contributed by atoms with Gasteiger partial charge >= 0.3 is 0 Å². The molecule has 1 unspecified atom stereocenters. The Labute approximate surface area is 121 Å². The van der Waals surface area contributed by atoms with Gasteiger partial charge < -0.3 is 14.6 Å². The lowest BCUT2D eigenvalue weighted by Gasteiger charge is -2.22. The second kappa shape index (κ2) is 6.59. The average Bonchev–Trinajstić information content (AvgIpc) is 2.92. The van der Waals surface area contributed by atoms with Crippen molar-refractivity contribution < 1.29 is 0 Å². The summed E-state index contributed by atoms with van der Waals surface area (Å²) in [7, 11) is 2.09. The van der Waals surface area contributed by atoms with E-state index in [0.717, 1.165) is 36.8 Å². The molecule has 0 spiro atoms. The Morgan fingerprint density at radius 2 is 2.20 bits per heavy atom. The van der Waals surface area contributed by atoms with E-state index in [1.165, 1.54) is 6.42 Å². The molecule has 5 nitrogen and oxygen atoms in total. The minimum Gasteiger partial charge on any atom is -0.369 e. The number of rotatable bonds is 7. The minimum atomic E-state index is 0.643. The first-order valence-corrected chi connectivity index (χ1v) is 7.44. The van der Waals surface area contributed by atoms with Crippen LogP contribution in [-0.4, -0.2) is 34.5 Å². The van der Waals surface area contributed by atoms with E-state index in [1.807, 2.05) is 23.0 Å². The molecule has 0 fully saturated rings.